The monoisotopic (exact) mass is 420 g/mol. The number of aromatic nitrogens is 2. The van der Waals surface area contributed by atoms with Gasteiger partial charge in [-0.05, 0) is 67.9 Å². The molecule has 2 heterocycles. The lowest BCUT2D eigenvalue weighted by Gasteiger charge is -2.15. The summed E-state index contributed by atoms with van der Waals surface area (Å²) >= 11 is 6.85. The van der Waals surface area contributed by atoms with E-state index in [0.29, 0.717) is 21.2 Å². The molecule has 7 heteroatoms. The highest BCUT2D eigenvalue weighted by Crippen LogP contribution is 2.30. The maximum Gasteiger partial charge on any atom is 0.290 e. The highest BCUT2D eigenvalue weighted by Gasteiger charge is 2.14. The lowest BCUT2D eigenvalue weighted by atomic mass is 10.1. The predicted molar refractivity (Wildman–Crippen MR) is 126 cm³/mol. The van der Waals surface area contributed by atoms with Crippen LogP contribution in [0.5, 0.6) is 0 Å². The van der Waals surface area contributed by atoms with Crippen molar-refractivity contribution >= 4 is 44.6 Å². The number of thiophene rings is 1. The number of benzene rings is 2. The molecule has 0 radical (unpaired) electrons. The number of aryl methyl sites for hydroxylation is 3. The molecule has 0 aliphatic heterocycles. The highest BCUT2D eigenvalue weighted by atomic mass is 32.1. The van der Waals surface area contributed by atoms with Gasteiger partial charge in [0, 0.05) is 10.6 Å². The molecule has 0 aliphatic rings. The van der Waals surface area contributed by atoms with Crippen LogP contribution in [-0.4, -0.2) is 14.8 Å². The number of nitrogens with zero attached hydrogens (tertiary/aromatic N) is 2. The normalized spacial score (nSPS) is 10.9. The van der Waals surface area contributed by atoms with Crippen molar-refractivity contribution in [3.8, 4) is 10.4 Å². The molecule has 2 aromatic heterocycles. The summed E-state index contributed by atoms with van der Waals surface area (Å²) < 4.78 is 1.99. The molecule has 29 heavy (non-hydrogen) atoms. The van der Waals surface area contributed by atoms with Gasteiger partial charge in [-0.15, -0.1) is 11.3 Å². The largest absolute Gasteiger partial charge is 0.331 e. The molecular formula is C22H20N4OS2. The molecule has 0 aliphatic carbocycles. The van der Waals surface area contributed by atoms with Crippen molar-refractivity contribution in [3.63, 3.8) is 0 Å². The van der Waals surface area contributed by atoms with Crippen molar-refractivity contribution in [2.45, 2.75) is 20.8 Å². The van der Waals surface area contributed by atoms with Crippen LogP contribution in [0.1, 0.15) is 17.0 Å². The zero-order valence-corrected chi connectivity index (χ0v) is 17.9. The first-order valence-corrected chi connectivity index (χ1v) is 10.4. The van der Waals surface area contributed by atoms with Crippen molar-refractivity contribution < 1.29 is 0 Å². The summed E-state index contributed by atoms with van der Waals surface area (Å²) in [4.78, 5) is 18.7. The minimum Gasteiger partial charge on any atom is -0.331 e. The first-order valence-electron chi connectivity index (χ1n) is 9.16. The van der Waals surface area contributed by atoms with Crippen LogP contribution in [0.4, 0.5) is 5.69 Å². The number of hydrogen-bond acceptors (Lipinski definition) is 4. The first-order chi connectivity index (χ1) is 13.9. The van der Waals surface area contributed by atoms with Crippen molar-refractivity contribution in [3.05, 3.63) is 81.9 Å². The number of hydrogen-bond donors (Lipinski definition) is 2. The van der Waals surface area contributed by atoms with Crippen LogP contribution in [0.25, 0.3) is 20.7 Å². The molecule has 0 bridgehead atoms. The molecule has 2 aromatic carbocycles. The molecule has 4 aromatic rings. The number of rotatable bonds is 3. The summed E-state index contributed by atoms with van der Waals surface area (Å²) in [6.45, 7) is 5.89. The summed E-state index contributed by atoms with van der Waals surface area (Å²) in [5, 5.41) is 3.46. The summed E-state index contributed by atoms with van der Waals surface area (Å²) in [7, 11) is 0. The lowest BCUT2D eigenvalue weighted by Crippen LogP contribution is -2.37. The van der Waals surface area contributed by atoms with Gasteiger partial charge in [0.2, 0.25) is 0 Å². The predicted octanol–water partition coefficient (Wildman–Crippen LogP) is 4.99. The molecule has 0 spiro atoms. The fraction of sp³-hybridized carbons (Fsp3) is 0.136. The molecule has 5 nitrogen and oxygen atoms in total. The Morgan fingerprint density at radius 1 is 1.03 bits per heavy atom. The Kier molecular flexibility index (Phi) is 5.17. The Bertz CT molecular complexity index is 1280. The third kappa shape index (κ3) is 3.92. The number of anilines is 1. The molecule has 0 atom stereocenters. The van der Waals surface area contributed by atoms with Gasteiger partial charge in [0.1, 0.15) is 10.5 Å². The van der Waals surface area contributed by atoms with Gasteiger partial charge in [-0.3, -0.25) is 10.2 Å². The Balaban J connectivity index is 1.64. The average Bonchev–Trinajstić information content (AvgIpc) is 3.13. The van der Waals surface area contributed by atoms with Crippen LogP contribution in [0.15, 0.2) is 59.4 Å². The second kappa shape index (κ2) is 7.77. The molecule has 0 fully saturated rings. The smallest absolute Gasteiger partial charge is 0.290 e. The van der Waals surface area contributed by atoms with Gasteiger partial charge in [0.25, 0.3) is 5.56 Å². The van der Waals surface area contributed by atoms with Crippen LogP contribution in [0.2, 0.25) is 0 Å². The molecular weight excluding hydrogens is 400 g/mol. The van der Waals surface area contributed by atoms with Crippen LogP contribution in [0, 0.1) is 20.8 Å². The Morgan fingerprint density at radius 3 is 2.52 bits per heavy atom. The third-order valence-corrected chi connectivity index (χ3v) is 6.11. The van der Waals surface area contributed by atoms with Gasteiger partial charge < -0.3 is 5.32 Å². The van der Waals surface area contributed by atoms with E-state index in [1.54, 1.807) is 6.92 Å². The van der Waals surface area contributed by atoms with Gasteiger partial charge in [-0.1, -0.05) is 36.4 Å². The summed E-state index contributed by atoms with van der Waals surface area (Å²) in [6.07, 6.45) is 0. The van der Waals surface area contributed by atoms with Gasteiger partial charge in [-0.25, -0.2) is 9.66 Å². The zero-order valence-electron chi connectivity index (χ0n) is 16.3. The van der Waals surface area contributed by atoms with Crippen LogP contribution < -0.4 is 16.3 Å². The SMILES string of the molecule is Cc1ccc(NC(=S)Nn2c(C)nc3cc(-c4ccccc4)sc3c2=O)cc1C. The van der Waals surface area contributed by atoms with E-state index in [-0.39, 0.29) is 5.56 Å². The van der Waals surface area contributed by atoms with Crippen LogP contribution in [0.3, 0.4) is 0 Å². The lowest BCUT2D eigenvalue weighted by molar-refractivity contribution is 0.841. The van der Waals surface area contributed by atoms with E-state index in [4.69, 9.17) is 12.2 Å². The minimum atomic E-state index is -0.163. The Hall–Kier alpha value is -3.03. The maximum atomic E-state index is 13.1. The fourth-order valence-electron chi connectivity index (χ4n) is 3.05. The quantitative estimate of drug-likeness (QED) is 0.457. The number of nitrogens with one attached hydrogen (secondary N) is 2. The molecule has 0 unspecified atom stereocenters. The highest BCUT2D eigenvalue weighted by molar-refractivity contribution is 7.80. The molecule has 0 amide bonds. The van der Waals surface area contributed by atoms with Gasteiger partial charge in [-0.2, -0.15) is 0 Å². The summed E-state index contributed by atoms with van der Waals surface area (Å²) in [5.41, 5.74) is 7.82. The second-order valence-electron chi connectivity index (χ2n) is 6.86. The van der Waals surface area contributed by atoms with Crippen molar-refractivity contribution in [2.75, 3.05) is 10.7 Å². The van der Waals surface area contributed by atoms with Crippen molar-refractivity contribution in [2.24, 2.45) is 0 Å². The van der Waals surface area contributed by atoms with E-state index in [0.717, 1.165) is 16.1 Å². The van der Waals surface area contributed by atoms with Gasteiger partial charge in [0.05, 0.1) is 5.52 Å². The van der Waals surface area contributed by atoms with E-state index in [1.165, 1.54) is 27.1 Å². The van der Waals surface area contributed by atoms with E-state index < -0.39 is 0 Å². The Labute approximate surface area is 178 Å². The standard InChI is InChI=1S/C22H20N4OS2/c1-13-9-10-17(11-14(13)2)24-22(28)25-26-15(3)23-18-12-19(29-20(18)21(26)27)16-7-5-4-6-8-16/h4-12H,1-3H3,(H2,24,25,28). The molecule has 2 N–H and O–H groups in total. The minimum absolute atomic E-state index is 0.163. The van der Waals surface area contributed by atoms with Crippen LogP contribution in [-0.2, 0) is 0 Å². The average molecular weight is 421 g/mol. The topological polar surface area (TPSA) is 58.9 Å². The van der Waals surface area contributed by atoms with E-state index >= 15 is 0 Å². The molecule has 0 saturated heterocycles. The van der Waals surface area contributed by atoms with E-state index in [2.05, 4.69) is 22.7 Å². The van der Waals surface area contributed by atoms with Gasteiger partial charge >= 0.3 is 0 Å². The fourth-order valence-corrected chi connectivity index (χ4v) is 4.29. The summed E-state index contributed by atoms with van der Waals surface area (Å²) in [6, 6.07) is 17.9. The molecule has 4 rings (SSSR count). The number of fused-ring (bicyclic) bond motifs is 1. The van der Waals surface area contributed by atoms with E-state index in [9.17, 15) is 4.79 Å². The van der Waals surface area contributed by atoms with Crippen LogP contribution >= 0.6 is 23.6 Å². The maximum absolute atomic E-state index is 13.1. The zero-order chi connectivity index (χ0) is 20.5. The Morgan fingerprint density at radius 2 is 1.79 bits per heavy atom. The molecule has 0 saturated carbocycles. The van der Waals surface area contributed by atoms with E-state index in [1.807, 2.05) is 61.5 Å². The number of thiocarbonyl (C=S) groups is 1. The van der Waals surface area contributed by atoms with Gasteiger partial charge in [0.15, 0.2) is 5.11 Å². The molecule has 146 valence electrons. The van der Waals surface area contributed by atoms with Crippen molar-refractivity contribution in [1.82, 2.24) is 9.66 Å². The van der Waals surface area contributed by atoms with Crippen molar-refractivity contribution in [1.29, 1.82) is 0 Å². The third-order valence-electron chi connectivity index (χ3n) is 4.75. The first kappa shape index (κ1) is 19.3. The second-order valence-corrected chi connectivity index (χ2v) is 8.32. The summed E-state index contributed by atoms with van der Waals surface area (Å²) in [5.74, 6) is 0.546.